The van der Waals surface area contributed by atoms with Gasteiger partial charge in [-0.05, 0) is 40.2 Å². The lowest BCUT2D eigenvalue weighted by atomic mass is 10.3. The Hall–Kier alpha value is -0.910. The standard InChI is InChI=1S/C8H6BrF3O2/c9-7(10)8(11,12)14-6-3-1-5(13)2-4-6/h1-4,7,13H. The van der Waals surface area contributed by atoms with Crippen LogP contribution in [0.2, 0.25) is 0 Å². The number of phenolic OH excluding ortho intramolecular Hbond substituents is 1. The largest absolute Gasteiger partial charge is 0.508 e. The average Bonchev–Trinajstić information content (AvgIpc) is 2.08. The van der Waals surface area contributed by atoms with Crippen molar-refractivity contribution in [3.05, 3.63) is 24.3 Å². The summed E-state index contributed by atoms with van der Waals surface area (Å²) >= 11 is 2.08. The van der Waals surface area contributed by atoms with Crippen molar-refractivity contribution in [2.45, 2.75) is 11.2 Å². The number of alkyl halides is 4. The zero-order valence-corrected chi connectivity index (χ0v) is 8.34. The van der Waals surface area contributed by atoms with Crippen molar-refractivity contribution in [3.63, 3.8) is 0 Å². The van der Waals surface area contributed by atoms with Crippen molar-refractivity contribution in [2.75, 3.05) is 0 Å². The molecule has 0 aliphatic carbocycles. The first kappa shape index (κ1) is 11.2. The molecule has 0 bridgehead atoms. The van der Waals surface area contributed by atoms with Crippen LogP contribution in [-0.2, 0) is 0 Å². The van der Waals surface area contributed by atoms with Gasteiger partial charge in [0.05, 0.1) is 0 Å². The molecule has 1 aromatic carbocycles. The molecule has 0 aliphatic heterocycles. The second-order valence-electron chi connectivity index (χ2n) is 2.46. The molecule has 0 amide bonds. The summed E-state index contributed by atoms with van der Waals surface area (Å²) in [5.74, 6) is -0.314. The van der Waals surface area contributed by atoms with E-state index in [-0.39, 0.29) is 11.5 Å². The van der Waals surface area contributed by atoms with Gasteiger partial charge in [0.2, 0.25) is 0 Å². The van der Waals surface area contributed by atoms with Gasteiger partial charge < -0.3 is 9.84 Å². The predicted octanol–water partition coefficient (Wildman–Crippen LogP) is 3.05. The molecule has 1 N–H and O–H groups in total. The van der Waals surface area contributed by atoms with Crippen LogP contribution in [0.3, 0.4) is 0 Å². The first-order valence-corrected chi connectivity index (χ1v) is 4.47. The van der Waals surface area contributed by atoms with Gasteiger partial charge in [-0.3, -0.25) is 0 Å². The molecule has 78 valence electrons. The lowest BCUT2D eigenvalue weighted by molar-refractivity contribution is -0.195. The Balaban J connectivity index is 2.74. The van der Waals surface area contributed by atoms with Gasteiger partial charge in [-0.1, -0.05) is 0 Å². The van der Waals surface area contributed by atoms with Crippen molar-refractivity contribution in [3.8, 4) is 11.5 Å². The van der Waals surface area contributed by atoms with Crippen molar-refractivity contribution >= 4 is 15.9 Å². The number of ether oxygens (including phenoxy) is 1. The Morgan fingerprint density at radius 3 is 2.21 bits per heavy atom. The number of benzene rings is 1. The zero-order valence-electron chi connectivity index (χ0n) is 6.75. The van der Waals surface area contributed by atoms with Gasteiger partial charge in [-0.2, -0.15) is 8.78 Å². The quantitative estimate of drug-likeness (QED) is 0.856. The molecule has 0 saturated heterocycles. The molecule has 1 aromatic rings. The van der Waals surface area contributed by atoms with E-state index in [0.29, 0.717) is 0 Å². The fourth-order valence-electron chi connectivity index (χ4n) is 0.716. The van der Waals surface area contributed by atoms with Gasteiger partial charge in [0.25, 0.3) is 5.08 Å². The topological polar surface area (TPSA) is 29.5 Å². The van der Waals surface area contributed by atoms with Crippen LogP contribution in [0.5, 0.6) is 11.5 Å². The Bertz CT molecular complexity index is 300. The molecule has 2 nitrogen and oxygen atoms in total. The summed E-state index contributed by atoms with van der Waals surface area (Å²) in [7, 11) is 0. The van der Waals surface area contributed by atoms with E-state index in [0.717, 1.165) is 24.3 Å². The second-order valence-corrected chi connectivity index (χ2v) is 3.26. The summed E-state index contributed by atoms with van der Waals surface area (Å²) in [5, 5.41) is 6.26. The van der Waals surface area contributed by atoms with Crippen molar-refractivity contribution in [2.24, 2.45) is 0 Å². The van der Waals surface area contributed by atoms with Crippen molar-refractivity contribution < 1.29 is 23.0 Å². The number of aromatic hydroxyl groups is 1. The average molecular weight is 271 g/mol. The van der Waals surface area contributed by atoms with E-state index in [1.54, 1.807) is 0 Å². The van der Waals surface area contributed by atoms with E-state index in [2.05, 4.69) is 20.7 Å². The maximum absolute atomic E-state index is 12.6. The van der Waals surface area contributed by atoms with Gasteiger partial charge in [-0.25, -0.2) is 4.39 Å². The summed E-state index contributed by atoms with van der Waals surface area (Å²) in [6, 6.07) is 4.54. The first-order chi connectivity index (χ1) is 6.42. The monoisotopic (exact) mass is 270 g/mol. The molecule has 0 fully saturated rings. The smallest absolute Gasteiger partial charge is 0.440 e. The molecular weight excluding hydrogens is 265 g/mol. The van der Waals surface area contributed by atoms with Crippen LogP contribution in [0, 0.1) is 0 Å². The van der Waals surface area contributed by atoms with Crippen LogP contribution in [0.15, 0.2) is 24.3 Å². The Morgan fingerprint density at radius 1 is 1.29 bits per heavy atom. The maximum atomic E-state index is 12.6. The minimum Gasteiger partial charge on any atom is -0.508 e. The summed E-state index contributed by atoms with van der Waals surface area (Å²) in [6.07, 6.45) is -3.93. The van der Waals surface area contributed by atoms with E-state index in [9.17, 15) is 13.2 Å². The lowest BCUT2D eigenvalue weighted by Crippen LogP contribution is -2.32. The molecule has 0 saturated carbocycles. The van der Waals surface area contributed by atoms with E-state index < -0.39 is 11.2 Å². The van der Waals surface area contributed by atoms with Crippen LogP contribution >= 0.6 is 15.9 Å². The molecule has 0 radical (unpaired) electrons. The molecule has 14 heavy (non-hydrogen) atoms. The molecule has 6 heteroatoms. The molecule has 1 atom stereocenters. The number of halogens is 4. The van der Waals surface area contributed by atoms with Gasteiger partial charge in [0.1, 0.15) is 11.5 Å². The maximum Gasteiger partial charge on any atom is 0.440 e. The number of hydrogen-bond acceptors (Lipinski definition) is 2. The predicted molar refractivity (Wildman–Crippen MR) is 47.5 cm³/mol. The SMILES string of the molecule is Oc1ccc(OC(F)(F)C(F)Br)cc1. The molecule has 0 aromatic heterocycles. The minimum absolute atomic E-state index is 0.0868. The van der Waals surface area contributed by atoms with Gasteiger partial charge >= 0.3 is 6.11 Å². The summed E-state index contributed by atoms with van der Waals surface area (Å²) < 4.78 is 41.5. The Morgan fingerprint density at radius 2 is 1.79 bits per heavy atom. The number of rotatable bonds is 3. The third kappa shape index (κ3) is 2.80. The lowest BCUT2D eigenvalue weighted by Gasteiger charge is -2.17. The van der Waals surface area contributed by atoms with Crippen LogP contribution in [-0.4, -0.2) is 16.3 Å². The van der Waals surface area contributed by atoms with E-state index in [1.165, 1.54) is 0 Å². The van der Waals surface area contributed by atoms with Crippen LogP contribution in [0.25, 0.3) is 0 Å². The first-order valence-electron chi connectivity index (χ1n) is 3.56. The second kappa shape index (κ2) is 4.08. The number of hydrogen-bond donors (Lipinski definition) is 1. The Labute approximate surface area is 86.4 Å². The molecule has 0 heterocycles. The van der Waals surface area contributed by atoms with Crippen molar-refractivity contribution in [1.29, 1.82) is 0 Å². The normalized spacial score (nSPS) is 13.7. The highest BCUT2D eigenvalue weighted by molar-refractivity contribution is 9.09. The summed E-state index contributed by atoms with van der Waals surface area (Å²) in [6.45, 7) is 0. The zero-order chi connectivity index (χ0) is 10.8. The summed E-state index contributed by atoms with van der Waals surface area (Å²) in [5.41, 5.74) is 0. The van der Waals surface area contributed by atoms with E-state index in [1.807, 2.05) is 0 Å². The highest BCUT2D eigenvalue weighted by Crippen LogP contribution is 2.30. The fraction of sp³-hybridized carbons (Fsp3) is 0.250. The highest BCUT2D eigenvalue weighted by Gasteiger charge is 2.41. The number of phenols is 1. The third-order valence-corrected chi connectivity index (χ3v) is 1.88. The van der Waals surface area contributed by atoms with Crippen LogP contribution in [0.1, 0.15) is 0 Å². The molecule has 1 unspecified atom stereocenters. The molecule has 1 rings (SSSR count). The van der Waals surface area contributed by atoms with Crippen LogP contribution in [0.4, 0.5) is 13.2 Å². The Kier molecular flexibility index (Phi) is 3.25. The van der Waals surface area contributed by atoms with E-state index in [4.69, 9.17) is 5.11 Å². The molecular formula is C8H6BrF3O2. The van der Waals surface area contributed by atoms with E-state index >= 15 is 0 Å². The van der Waals surface area contributed by atoms with Crippen molar-refractivity contribution in [1.82, 2.24) is 0 Å². The molecule has 0 aliphatic rings. The fourth-order valence-corrected chi connectivity index (χ4v) is 0.809. The molecule has 0 spiro atoms. The minimum atomic E-state index is -3.93. The summed E-state index contributed by atoms with van der Waals surface area (Å²) in [4.78, 5) is 0. The van der Waals surface area contributed by atoms with Gasteiger partial charge in [0, 0.05) is 0 Å². The highest BCUT2D eigenvalue weighted by atomic mass is 79.9. The third-order valence-electron chi connectivity index (χ3n) is 1.34. The van der Waals surface area contributed by atoms with Gasteiger partial charge in [0.15, 0.2) is 0 Å². The van der Waals surface area contributed by atoms with Gasteiger partial charge in [-0.15, -0.1) is 0 Å². The van der Waals surface area contributed by atoms with Crippen LogP contribution < -0.4 is 4.74 Å².